The molecular formula is C13H12F2N2S. The Morgan fingerprint density at radius 3 is 2.33 bits per heavy atom. The van der Waals surface area contributed by atoms with Gasteiger partial charge in [-0.25, -0.2) is 4.98 Å². The second kappa shape index (κ2) is 5.35. The summed E-state index contributed by atoms with van der Waals surface area (Å²) in [5.74, 6) is -1.92. The van der Waals surface area contributed by atoms with Gasteiger partial charge < -0.3 is 5.73 Å². The molecule has 0 fully saturated rings. The van der Waals surface area contributed by atoms with E-state index in [4.69, 9.17) is 5.73 Å². The number of aromatic nitrogens is 1. The Kier molecular flexibility index (Phi) is 3.81. The lowest BCUT2D eigenvalue weighted by Crippen LogP contribution is -1.94. The standard InChI is InChI=1S/C13H12F2N2S/c1-8-11(6-7-12(16)17-8)9-2-4-10(5-3-9)18-13(14)15/h2-7,13H,1H3,(H2,16,17). The van der Waals surface area contributed by atoms with Gasteiger partial charge in [0.25, 0.3) is 5.76 Å². The molecule has 0 saturated heterocycles. The number of nitrogen functional groups attached to an aromatic ring is 1. The molecule has 0 radical (unpaired) electrons. The fraction of sp³-hybridized carbons (Fsp3) is 0.154. The van der Waals surface area contributed by atoms with Gasteiger partial charge in [0.2, 0.25) is 0 Å². The van der Waals surface area contributed by atoms with Gasteiger partial charge in [0, 0.05) is 16.2 Å². The van der Waals surface area contributed by atoms with Crippen LogP contribution in [0.5, 0.6) is 0 Å². The molecule has 0 atom stereocenters. The third-order valence-corrected chi connectivity index (χ3v) is 3.22. The van der Waals surface area contributed by atoms with Crippen LogP contribution in [0.4, 0.5) is 14.6 Å². The first kappa shape index (κ1) is 12.8. The van der Waals surface area contributed by atoms with E-state index < -0.39 is 5.76 Å². The van der Waals surface area contributed by atoms with Crippen molar-refractivity contribution in [1.82, 2.24) is 4.98 Å². The molecule has 0 aliphatic rings. The molecule has 0 spiro atoms. The van der Waals surface area contributed by atoms with E-state index >= 15 is 0 Å². The van der Waals surface area contributed by atoms with Gasteiger partial charge in [-0.2, -0.15) is 8.78 Å². The van der Waals surface area contributed by atoms with Crippen molar-refractivity contribution in [2.75, 3.05) is 5.73 Å². The van der Waals surface area contributed by atoms with Gasteiger partial charge in [0.05, 0.1) is 0 Å². The Morgan fingerprint density at radius 2 is 1.78 bits per heavy atom. The molecule has 0 saturated carbocycles. The quantitative estimate of drug-likeness (QED) is 0.855. The van der Waals surface area contributed by atoms with Crippen molar-refractivity contribution in [3.05, 3.63) is 42.1 Å². The SMILES string of the molecule is Cc1nc(N)ccc1-c1ccc(SC(F)F)cc1. The van der Waals surface area contributed by atoms with Gasteiger partial charge in [-0.05, 0) is 36.8 Å². The van der Waals surface area contributed by atoms with Crippen LogP contribution in [0, 0.1) is 6.92 Å². The first-order valence-electron chi connectivity index (χ1n) is 5.34. The lowest BCUT2D eigenvalue weighted by Gasteiger charge is -2.07. The van der Waals surface area contributed by atoms with Crippen molar-refractivity contribution < 1.29 is 8.78 Å². The number of pyridine rings is 1. The molecule has 1 aromatic carbocycles. The highest BCUT2D eigenvalue weighted by molar-refractivity contribution is 7.99. The van der Waals surface area contributed by atoms with Gasteiger partial charge in [0.15, 0.2) is 0 Å². The highest BCUT2D eigenvalue weighted by atomic mass is 32.2. The van der Waals surface area contributed by atoms with Gasteiger partial charge >= 0.3 is 0 Å². The molecule has 2 N–H and O–H groups in total. The predicted molar refractivity (Wildman–Crippen MR) is 70.7 cm³/mol. The predicted octanol–water partition coefficient (Wildman–Crippen LogP) is 3.95. The topological polar surface area (TPSA) is 38.9 Å². The van der Waals surface area contributed by atoms with E-state index in [1.54, 1.807) is 18.2 Å². The maximum atomic E-state index is 12.2. The normalized spacial score (nSPS) is 10.9. The summed E-state index contributed by atoms with van der Waals surface area (Å²) in [6.07, 6.45) is 0. The van der Waals surface area contributed by atoms with Crippen LogP contribution in [0.2, 0.25) is 0 Å². The summed E-state index contributed by atoms with van der Waals surface area (Å²) in [5, 5.41) is 0. The van der Waals surface area contributed by atoms with Crippen LogP contribution < -0.4 is 5.73 Å². The number of nitrogens with zero attached hydrogens (tertiary/aromatic N) is 1. The lowest BCUT2D eigenvalue weighted by molar-refractivity contribution is 0.252. The van der Waals surface area contributed by atoms with E-state index in [0.717, 1.165) is 16.8 Å². The minimum Gasteiger partial charge on any atom is -0.384 e. The molecular weight excluding hydrogens is 254 g/mol. The van der Waals surface area contributed by atoms with Gasteiger partial charge in [-0.3, -0.25) is 0 Å². The van der Waals surface area contributed by atoms with Crippen LogP contribution in [0.3, 0.4) is 0 Å². The molecule has 2 aromatic rings. The smallest absolute Gasteiger partial charge is 0.288 e. The molecule has 1 heterocycles. The number of alkyl halides is 2. The van der Waals surface area contributed by atoms with Crippen molar-refractivity contribution >= 4 is 17.6 Å². The molecule has 2 nitrogen and oxygen atoms in total. The third-order valence-electron chi connectivity index (χ3n) is 2.50. The Balaban J connectivity index is 2.28. The molecule has 1 aromatic heterocycles. The second-order valence-corrected chi connectivity index (χ2v) is 4.84. The van der Waals surface area contributed by atoms with Gasteiger partial charge in [0.1, 0.15) is 5.82 Å². The summed E-state index contributed by atoms with van der Waals surface area (Å²) in [7, 11) is 0. The molecule has 18 heavy (non-hydrogen) atoms. The van der Waals surface area contributed by atoms with Crippen molar-refractivity contribution in [2.24, 2.45) is 0 Å². The Bertz CT molecular complexity index is 541. The fourth-order valence-electron chi connectivity index (χ4n) is 1.70. The number of halogens is 2. The maximum Gasteiger partial charge on any atom is 0.288 e. The number of rotatable bonds is 3. The molecule has 0 unspecified atom stereocenters. The van der Waals surface area contributed by atoms with Crippen molar-refractivity contribution in [3.63, 3.8) is 0 Å². The van der Waals surface area contributed by atoms with Crippen LogP contribution in [0.25, 0.3) is 11.1 Å². The number of benzene rings is 1. The van der Waals surface area contributed by atoms with Gasteiger partial charge in [-0.1, -0.05) is 23.9 Å². The zero-order valence-corrected chi connectivity index (χ0v) is 10.5. The van der Waals surface area contributed by atoms with E-state index in [1.165, 1.54) is 0 Å². The van der Waals surface area contributed by atoms with Gasteiger partial charge in [-0.15, -0.1) is 0 Å². The van der Waals surface area contributed by atoms with E-state index in [-0.39, 0.29) is 0 Å². The summed E-state index contributed by atoms with van der Waals surface area (Å²) >= 11 is 0.540. The average molecular weight is 266 g/mol. The Morgan fingerprint density at radius 1 is 1.11 bits per heavy atom. The number of thioether (sulfide) groups is 1. The molecule has 5 heteroatoms. The van der Waals surface area contributed by atoms with E-state index in [0.29, 0.717) is 22.5 Å². The van der Waals surface area contributed by atoms with Crippen LogP contribution in [-0.4, -0.2) is 10.7 Å². The van der Waals surface area contributed by atoms with Crippen LogP contribution >= 0.6 is 11.8 Å². The summed E-state index contributed by atoms with van der Waals surface area (Å²) in [4.78, 5) is 4.72. The fourth-order valence-corrected chi connectivity index (χ4v) is 2.20. The first-order chi connectivity index (χ1) is 8.56. The molecule has 0 amide bonds. The van der Waals surface area contributed by atoms with Crippen LogP contribution in [0.1, 0.15) is 5.69 Å². The minimum atomic E-state index is -2.39. The third kappa shape index (κ3) is 2.98. The Labute approximate surface area is 108 Å². The summed E-state index contributed by atoms with van der Waals surface area (Å²) in [5.41, 5.74) is 8.31. The summed E-state index contributed by atoms with van der Waals surface area (Å²) in [6, 6.07) is 10.6. The van der Waals surface area contributed by atoms with Crippen molar-refractivity contribution in [1.29, 1.82) is 0 Å². The molecule has 2 rings (SSSR count). The highest BCUT2D eigenvalue weighted by Crippen LogP contribution is 2.29. The zero-order chi connectivity index (χ0) is 13.1. The lowest BCUT2D eigenvalue weighted by atomic mass is 10.0. The van der Waals surface area contributed by atoms with E-state index in [9.17, 15) is 8.78 Å². The molecule has 0 bridgehead atoms. The van der Waals surface area contributed by atoms with Crippen molar-refractivity contribution in [2.45, 2.75) is 17.6 Å². The van der Waals surface area contributed by atoms with E-state index in [2.05, 4.69) is 4.98 Å². The monoisotopic (exact) mass is 266 g/mol. The highest BCUT2D eigenvalue weighted by Gasteiger charge is 2.07. The summed E-state index contributed by atoms with van der Waals surface area (Å²) in [6.45, 7) is 1.87. The maximum absolute atomic E-state index is 12.2. The van der Waals surface area contributed by atoms with Crippen LogP contribution in [-0.2, 0) is 0 Å². The minimum absolute atomic E-state index is 0.473. The second-order valence-electron chi connectivity index (χ2n) is 3.77. The van der Waals surface area contributed by atoms with Crippen molar-refractivity contribution in [3.8, 4) is 11.1 Å². The average Bonchev–Trinajstić information content (AvgIpc) is 2.30. The molecule has 0 aliphatic heterocycles. The number of hydrogen-bond donors (Lipinski definition) is 1. The largest absolute Gasteiger partial charge is 0.384 e. The molecule has 94 valence electrons. The first-order valence-corrected chi connectivity index (χ1v) is 6.22. The Hall–Kier alpha value is -1.62. The summed E-state index contributed by atoms with van der Waals surface area (Å²) < 4.78 is 24.4. The zero-order valence-electron chi connectivity index (χ0n) is 9.73. The number of aryl methyl sites for hydroxylation is 1. The van der Waals surface area contributed by atoms with E-state index in [1.807, 2.05) is 25.1 Å². The number of anilines is 1. The number of hydrogen-bond acceptors (Lipinski definition) is 3. The van der Waals surface area contributed by atoms with Crippen LogP contribution in [0.15, 0.2) is 41.3 Å². The molecule has 0 aliphatic carbocycles. The number of nitrogens with two attached hydrogens (primary N) is 1.